The standard InChI is InChI=1S/C16H17NO2/c1-14(9-5-2-3-8-12-17)13-19-16(18)15-10-6-4-7-11-15/h4-7,9-11H,1-3,8,13H2/b9-5+. The van der Waals surface area contributed by atoms with Gasteiger partial charge in [0, 0.05) is 6.42 Å². The molecule has 0 aliphatic heterocycles. The number of nitriles is 1. The smallest absolute Gasteiger partial charge is 0.338 e. The van der Waals surface area contributed by atoms with Gasteiger partial charge in [0.1, 0.15) is 6.61 Å². The Morgan fingerprint density at radius 3 is 2.79 bits per heavy atom. The summed E-state index contributed by atoms with van der Waals surface area (Å²) in [6, 6.07) is 10.9. The maximum absolute atomic E-state index is 11.6. The first-order valence-electron chi connectivity index (χ1n) is 6.17. The maximum atomic E-state index is 11.6. The van der Waals surface area contributed by atoms with Crippen molar-refractivity contribution >= 4 is 5.97 Å². The van der Waals surface area contributed by atoms with E-state index in [0.717, 1.165) is 18.4 Å². The van der Waals surface area contributed by atoms with Crippen LogP contribution in [0.2, 0.25) is 0 Å². The molecule has 0 unspecified atom stereocenters. The van der Waals surface area contributed by atoms with Gasteiger partial charge in [-0.1, -0.05) is 36.9 Å². The van der Waals surface area contributed by atoms with Gasteiger partial charge in [-0.15, -0.1) is 0 Å². The Balaban J connectivity index is 2.27. The minimum atomic E-state index is -0.348. The van der Waals surface area contributed by atoms with Crippen molar-refractivity contribution in [1.82, 2.24) is 0 Å². The van der Waals surface area contributed by atoms with E-state index in [1.165, 1.54) is 0 Å². The summed E-state index contributed by atoms with van der Waals surface area (Å²) in [6.45, 7) is 3.99. The van der Waals surface area contributed by atoms with Gasteiger partial charge in [-0.3, -0.25) is 0 Å². The Labute approximate surface area is 113 Å². The summed E-state index contributed by atoms with van der Waals surface area (Å²) in [6.07, 6.45) is 5.99. The van der Waals surface area contributed by atoms with Crippen LogP contribution in [0.25, 0.3) is 0 Å². The molecule has 0 bridgehead atoms. The molecule has 98 valence electrons. The van der Waals surface area contributed by atoms with Crippen molar-refractivity contribution in [2.24, 2.45) is 0 Å². The van der Waals surface area contributed by atoms with Gasteiger partial charge in [0.15, 0.2) is 0 Å². The normalized spacial score (nSPS) is 10.1. The molecule has 0 aliphatic carbocycles. The number of carbonyl (C=O) groups is 1. The lowest BCUT2D eigenvalue weighted by atomic mass is 10.2. The van der Waals surface area contributed by atoms with Crippen molar-refractivity contribution < 1.29 is 9.53 Å². The van der Waals surface area contributed by atoms with E-state index >= 15 is 0 Å². The second-order valence-corrected chi connectivity index (χ2v) is 4.05. The van der Waals surface area contributed by atoms with E-state index in [2.05, 4.69) is 12.6 Å². The Morgan fingerprint density at radius 1 is 1.37 bits per heavy atom. The average molecular weight is 255 g/mol. The van der Waals surface area contributed by atoms with Crippen LogP contribution in [0.5, 0.6) is 0 Å². The monoisotopic (exact) mass is 255 g/mol. The van der Waals surface area contributed by atoms with Gasteiger partial charge in [-0.25, -0.2) is 4.79 Å². The first kappa shape index (κ1) is 14.7. The van der Waals surface area contributed by atoms with Crippen molar-refractivity contribution in [3.63, 3.8) is 0 Å². The van der Waals surface area contributed by atoms with E-state index in [9.17, 15) is 4.79 Å². The third-order valence-electron chi connectivity index (χ3n) is 2.41. The summed E-state index contributed by atoms with van der Waals surface area (Å²) in [4.78, 5) is 11.6. The Bertz CT molecular complexity index is 483. The van der Waals surface area contributed by atoms with Crippen molar-refractivity contribution in [3.05, 3.63) is 60.2 Å². The quantitative estimate of drug-likeness (QED) is 0.424. The Hall–Kier alpha value is -2.34. The van der Waals surface area contributed by atoms with Gasteiger partial charge >= 0.3 is 5.97 Å². The van der Waals surface area contributed by atoms with Crippen LogP contribution in [-0.2, 0) is 4.74 Å². The molecular formula is C16H17NO2. The molecule has 0 radical (unpaired) electrons. The minimum Gasteiger partial charge on any atom is -0.457 e. The number of allylic oxidation sites excluding steroid dienone is 1. The van der Waals surface area contributed by atoms with Gasteiger partial charge in [0.05, 0.1) is 11.6 Å². The summed E-state index contributed by atoms with van der Waals surface area (Å²) in [7, 11) is 0. The number of nitrogens with zero attached hydrogens (tertiary/aromatic N) is 1. The van der Waals surface area contributed by atoms with Crippen LogP contribution in [0.4, 0.5) is 0 Å². The zero-order valence-corrected chi connectivity index (χ0v) is 10.8. The van der Waals surface area contributed by atoms with E-state index in [-0.39, 0.29) is 12.6 Å². The summed E-state index contributed by atoms with van der Waals surface area (Å²) in [5, 5.41) is 8.38. The van der Waals surface area contributed by atoms with E-state index in [0.29, 0.717) is 12.0 Å². The molecule has 3 heteroatoms. The molecule has 0 aromatic heterocycles. The lowest BCUT2D eigenvalue weighted by molar-refractivity contribution is 0.0543. The lowest BCUT2D eigenvalue weighted by Crippen LogP contribution is -2.06. The fraction of sp³-hybridized carbons (Fsp3) is 0.250. The van der Waals surface area contributed by atoms with Gasteiger partial charge in [0.2, 0.25) is 0 Å². The van der Waals surface area contributed by atoms with Crippen molar-refractivity contribution in [2.45, 2.75) is 19.3 Å². The number of esters is 1. The van der Waals surface area contributed by atoms with Crippen LogP contribution >= 0.6 is 0 Å². The molecule has 0 spiro atoms. The van der Waals surface area contributed by atoms with Crippen LogP contribution in [0.1, 0.15) is 29.6 Å². The Morgan fingerprint density at radius 2 is 2.11 bits per heavy atom. The van der Waals surface area contributed by atoms with E-state index < -0.39 is 0 Å². The predicted octanol–water partition coefficient (Wildman–Crippen LogP) is 3.65. The fourth-order valence-electron chi connectivity index (χ4n) is 1.41. The number of unbranched alkanes of at least 4 members (excludes halogenated alkanes) is 2. The molecule has 1 aromatic rings. The molecule has 0 aliphatic rings. The number of hydrogen-bond acceptors (Lipinski definition) is 3. The van der Waals surface area contributed by atoms with Crippen LogP contribution < -0.4 is 0 Å². The molecule has 0 amide bonds. The largest absolute Gasteiger partial charge is 0.457 e. The van der Waals surface area contributed by atoms with E-state index in [1.54, 1.807) is 24.3 Å². The van der Waals surface area contributed by atoms with E-state index in [4.69, 9.17) is 10.00 Å². The summed E-state index contributed by atoms with van der Waals surface area (Å²) in [5.74, 6) is -0.348. The molecule has 1 aromatic carbocycles. The van der Waals surface area contributed by atoms with Crippen molar-refractivity contribution in [1.29, 1.82) is 5.26 Å². The Kier molecular flexibility index (Phi) is 6.75. The van der Waals surface area contributed by atoms with Crippen molar-refractivity contribution in [2.75, 3.05) is 6.61 Å². The first-order chi connectivity index (χ1) is 9.24. The van der Waals surface area contributed by atoms with Crippen LogP contribution in [0.15, 0.2) is 54.6 Å². The molecule has 0 saturated heterocycles. The van der Waals surface area contributed by atoms with Crippen LogP contribution in [0, 0.1) is 11.3 Å². The molecule has 0 fully saturated rings. The highest BCUT2D eigenvalue weighted by molar-refractivity contribution is 5.89. The second-order valence-electron chi connectivity index (χ2n) is 4.05. The van der Waals surface area contributed by atoms with Gasteiger partial charge < -0.3 is 4.74 Å². The highest BCUT2D eigenvalue weighted by Crippen LogP contribution is 2.04. The molecular weight excluding hydrogens is 238 g/mol. The molecule has 0 saturated carbocycles. The number of ether oxygens (including phenoxy) is 1. The molecule has 0 atom stereocenters. The number of rotatable bonds is 7. The third-order valence-corrected chi connectivity index (χ3v) is 2.41. The van der Waals surface area contributed by atoms with Gasteiger partial charge in [-0.05, 0) is 30.5 Å². The highest BCUT2D eigenvalue weighted by atomic mass is 16.5. The molecule has 0 heterocycles. The molecule has 3 nitrogen and oxygen atoms in total. The first-order valence-corrected chi connectivity index (χ1v) is 6.17. The van der Waals surface area contributed by atoms with Crippen molar-refractivity contribution in [3.8, 4) is 6.07 Å². The summed E-state index contributed by atoms with van der Waals surface area (Å²) >= 11 is 0. The topological polar surface area (TPSA) is 50.1 Å². The van der Waals surface area contributed by atoms with Crippen LogP contribution in [0.3, 0.4) is 0 Å². The average Bonchev–Trinajstić information content (AvgIpc) is 2.45. The van der Waals surface area contributed by atoms with E-state index in [1.807, 2.05) is 18.2 Å². The summed E-state index contributed by atoms with van der Waals surface area (Å²) < 4.78 is 5.13. The molecule has 0 N–H and O–H groups in total. The number of benzene rings is 1. The highest BCUT2D eigenvalue weighted by Gasteiger charge is 2.05. The molecule has 19 heavy (non-hydrogen) atoms. The molecule has 1 rings (SSSR count). The third kappa shape index (κ3) is 6.23. The zero-order chi connectivity index (χ0) is 13.9. The predicted molar refractivity (Wildman–Crippen MR) is 74.5 cm³/mol. The SMILES string of the molecule is C=C(/C=C/CCCC#N)COC(=O)c1ccccc1. The van der Waals surface area contributed by atoms with Crippen LogP contribution in [-0.4, -0.2) is 12.6 Å². The lowest BCUT2D eigenvalue weighted by Gasteiger charge is -2.04. The second kappa shape index (κ2) is 8.71. The van der Waals surface area contributed by atoms with Gasteiger partial charge in [-0.2, -0.15) is 5.26 Å². The maximum Gasteiger partial charge on any atom is 0.338 e. The number of hydrogen-bond donors (Lipinski definition) is 0. The summed E-state index contributed by atoms with van der Waals surface area (Å²) in [5.41, 5.74) is 1.27. The minimum absolute atomic E-state index is 0.183. The fourth-order valence-corrected chi connectivity index (χ4v) is 1.41. The zero-order valence-electron chi connectivity index (χ0n) is 10.8. The number of carbonyl (C=O) groups excluding carboxylic acids is 1. The van der Waals surface area contributed by atoms with Gasteiger partial charge in [0.25, 0.3) is 0 Å².